The molecule has 86 valence electrons. The van der Waals surface area contributed by atoms with E-state index in [-0.39, 0.29) is 0 Å². The lowest BCUT2D eigenvalue weighted by Gasteiger charge is -2.04. The fourth-order valence-electron chi connectivity index (χ4n) is 1.79. The van der Waals surface area contributed by atoms with Gasteiger partial charge in [0.05, 0.1) is 18.2 Å². The summed E-state index contributed by atoms with van der Waals surface area (Å²) in [7, 11) is 0. The standard InChI is InChI=1S/C13H12N2OS/c1-9-2-3-10(17-9)8-15-13-11-5-7-16-12(11)4-6-14-13/h2-7H,8H2,1H3,(H,14,15). The molecule has 0 atom stereocenters. The number of anilines is 1. The molecule has 0 aliphatic carbocycles. The van der Waals surface area contributed by atoms with E-state index in [1.54, 1.807) is 23.8 Å². The van der Waals surface area contributed by atoms with Gasteiger partial charge in [0.25, 0.3) is 0 Å². The number of aryl methyl sites for hydroxylation is 1. The molecule has 4 heteroatoms. The van der Waals surface area contributed by atoms with E-state index in [9.17, 15) is 0 Å². The second-order valence-electron chi connectivity index (χ2n) is 3.86. The Labute approximate surface area is 103 Å². The molecule has 0 radical (unpaired) electrons. The van der Waals surface area contributed by atoms with Crippen LogP contribution in [0.4, 0.5) is 5.82 Å². The molecule has 3 aromatic heterocycles. The topological polar surface area (TPSA) is 38.1 Å². The Kier molecular flexibility index (Phi) is 2.57. The summed E-state index contributed by atoms with van der Waals surface area (Å²) in [6.45, 7) is 2.92. The van der Waals surface area contributed by atoms with Crippen LogP contribution in [0.1, 0.15) is 9.75 Å². The van der Waals surface area contributed by atoms with Crippen LogP contribution < -0.4 is 5.32 Å². The van der Waals surface area contributed by atoms with Gasteiger partial charge in [0, 0.05) is 16.0 Å². The number of aromatic nitrogens is 1. The zero-order chi connectivity index (χ0) is 11.7. The average Bonchev–Trinajstić information content (AvgIpc) is 2.94. The van der Waals surface area contributed by atoms with Crippen molar-refractivity contribution in [3.05, 3.63) is 46.5 Å². The first kappa shape index (κ1) is 10.4. The van der Waals surface area contributed by atoms with E-state index in [1.807, 2.05) is 12.1 Å². The Bertz CT molecular complexity index is 641. The third-order valence-corrected chi connectivity index (χ3v) is 3.61. The predicted molar refractivity (Wildman–Crippen MR) is 70.4 cm³/mol. The van der Waals surface area contributed by atoms with Crippen LogP contribution in [0.25, 0.3) is 11.0 Å². The Morgan fingerprint density at radius 3 is 3.06 bits per heavy atom. The van der Waals surface area contributed by atoms with E-state index in [0.29, 0.717) is 0 Å². The van der Waals surface area contributed by atoms with E-state index in [2.05, 4.69) is 29.4 Å². The lowest BCUT2D eigenvalue weighted by atomic mass is 10.3. The monoisotopic (exact) mass is 244 g/mol. The highest BCUT2D eigenvalue weighted by molar-refractivity contribution is 7.11. The Morgan fingerprint density at radius 2 is 2.24 bits per heavy atom. The predicted octanol–water partition coefficient (Wildman–Crippen LogP) is 3.81. The molecule has 3 aromatic rings. The van der Waals surface area contributed by atoms with Gasteiger partial charge in [-0.3, -0.25) is 0 Å². The molecule has 1 N–H and O–H groups in total. The van der Waals surface area contributed by atoms with Crippen molar-refractivity contribution in [1.29, 1.82) is 0 Å². The molecule has 0 fully saturated rings. The third kappa shape index (κ3) is 2.03. The highest BCUT2D eigenvalue weighted by Crippen LogP contribution is 2.23. The summed E-state index contributed by atoms with van der Waals surface area (Å²) in [6, 6.07) is 8.08. The number of nitrogens with zero attached hydrogens (tertiary/aromatic N) is 1. The lowest BCUT2D eigenvalue weighted by Crippen LogP contribution is -1.99. The molecule has 3 heterocycles. The summed E-state index contributed by atoms with van der Waals surface area (Å²) < 4.78 is 5.34. The van der Waals surface area contributed by atoms with Gasteiger partial charge >= 0.3 is 0 Å². The highest BCUT2D eigenvalue weighted by atomic mass is 32.1. The van der Waals surface area contributed by atoms with E-state index in [4.69, 9.17) is 4.42 Å². The van der Waals surface area contributed by atoms with Crippen molar-refractivity contribution >= 4 is 28.1 Å². The van der Waals surface area contributed by atoms with Gasteiger partial charge in [-0.15, -0.1) is 11.3 Å². The smallest absolute Gasteiger partial charge is 0.139 e. The van der Waals surface area contributed by atoms with Gasteiger partial charge in [0.15, 0.2) is 0 Å². The van der Waals surface area contributed by atoms with Crippen LogP contribution >= 0.6 is 11.3 Å². The van der Waals surface area contributed by atoms with Crippen molar-refractivity contribution in [2.75, 3.05) is 5.32 Å². The largest absolute Gasteiger partial charge is 0.464 e. The zero-order valence-electron chi connectivity index (χ0n) is 9.43. The van der Waals surface area contributed by atoms with Crippen molar-refractivity contribution in [1.82, 2.24) is 4.98 Å². The second kappa shape index (κ2) is 4.22. The SMILES string of the molecule is Cc1ccc(CNc2nccc3occc23)s1. The fraction of sp³-hybridized carbons (Fsp3) is 0.154. The molecular formula is C13H12N2OS. The summed E-state index contributed by atoms with van der Waals surface area (Å²) in [5.41, 5.74) is 0.866. The molecule has 0 unspecified atom stereocenters. The Morgan fingerprint density at radius 1 is 1.29 bits per heavy atom. The molecule has 0 bridgehead atoms. The minimum Gasteiger partial charge on any atom is -0.464 e. The first-order valence-electron chi connectivity index (χ1n) is 5.44. The summed E-state index contributed by atoms with van der Waals surface area (Å²) >= 11 is 1.80. The maximum Gasteiger partial charge on any atom is 0.139 e. The second-order valence-corrected chi connectivity index (χ2v) is 5.23. The molecule has 0 saturated heterocycles. The minimum atomic E-state index is 0.801. The molecule has 0 spiro atoms. The van der Waals surface area contributed by atoms with Gasteiger partial charge in [-0.2, -0.15) is 0 Å². The number of nitrogens with one attached hydrogen (secondary N) is 1. The van der Waals surface area contributed by atoms with Crippen LogP contribution in [-0.4, -0.2) is 4.98 Å². The van der Waals surface area contributed by atoms with Crippen molar-refractivity contribution < 1.29 is 4.42 Å². The minimum absolute atomic E-state index is 0.801. The van der Waals surface area contributed by atoms with Gasteiger partial charge in [-0.1, -0.05) is 0 Å². The van der Waals surface area contributed by atoms with E-state index < -0.39 is 0 Å². The van der Waals surface area contributed by atoms with Crippen LogP contribution in [0.15, 0.2) is 41.1 Å². The van der Waals surface area contributed by atoms with E-state index >= 15 is 0 Å². The van der Waals surface area contributed by atoms with Crippen LogP contribution in [-0.2, 0) is 6.54 Å². The van der Waals surface area contributed by atoms with E-state index in [0.717, 1.165) is 23.3 Å². The van der Waals surface area contributed by atoms with Crippen molar-refractivity contribution in [2.45, 2.75) is 13.5 Å². The number of hydrogen-bond acceptors (Lipinski definition) is 4. The maximum atomic E-state index is 5.34. The molecule has 17 heavy (non-hydrogen) atoms. The summed E-state index contributed by atoms with van der Waals surface area (Å²) in [5.74, 6) is 0.877. The maximum absolute atomic E-state index is 5.34. The van der Waals surface area contributed by atoms with Crippen molar-refractivity contribution in [3.63, 3.8) is 0 Å². The normalized spacial score (nSPS) is 10.9. The van der Waals surface area contributed by atoms with Crippen LogP contribution in [0.2, 0.25) is 0 Å². The average molecular weight is 244 g/mol. The van der Waals surface area contributed by atoms with Gasteiger partial charge in [-0.25, -0.2) is 4.98 Å². The number of fused-ring (bicyclic) bond motifs is 1. The molecule has 0 aromatic carbocycles. The fourth-order valence-corrected chi connectivity index (χ4v) is 2.62. The quantitative estimate of drug-likeness (QED) is 0.761. The Hall–Kier alpha value is -1.81. The molecule has 0 saturated carbocycles. The summed E-state index contributed by atoms with van der Waals surface area (Å²) in [6.07, 6.45) is 3.45. The zero-order valence-corrected chi connectivity index (χ0v) is 10.3. The third-order valence-electron chi connectivity index (χ3n) is 2.61. The number of rotatable bonds is 3. The van der Waals surface area contributed by atoms with Gasteiger partial charge in [0.1, 0.15) is 11.4 Å². The highest BCUT2D eigenvalue weighted by Gasteiger charge is 2.04. The first-order valence-corrected chi connectivity index (χ1v) is 6.26. The summed E-state index contributed by atoms with van der Waals surface area (Å²) in [5, 5.41) is 4.37. The van der Waals surface area contributed by atoms with Crippen molar-refractivity contribution in [2.24, 2.45) is 0 Å². The molecule has 3 nitrogen and oxygen atoms in total. The van der Waals surface area contributed by atoms with Gasteiger partial charge in [0.2, 0.25) is 0 Å². The first-order chi connectivity index (χ1) is 8.33. The molecule has 0 aliphatic heterocycles. The van der Waals surface area contributed by atoms with Crippen LogP contribution in [0, 0.1) is 6.92 Å². The molecular weight excluding hydrogens is 232 g/mol. The van der Waals surface area contributed by atoms with Gasteiger partial charge < -0.3 is 9.73 Å². The summed E-state index contributed by atoms with van der Waals surface area (Å²) in [4.78, 5) is 6.97. The van der Waals surface area contributed by atoms with Gasteiger partial charge in [-0.05, 0) is 31.2 Å². The van der Waals surface area contributed by atoms with Crippen LogP contribution in [0.5, 0.6) is 0 Å². The number of hydrogen-bond donors (Lipinski definition) is 1. The Balaban J connectivity index is 1.83. The molecule has 3 rings (SSSR count). The number of thiophene rings is 1. The van der Waals surface area contributed by atoms with Crippen LogP contribution in [0.3, 0.4) is 0 Å². The molecule has 0 amide bonds. The van der Waals surface area contributed by atoms with Crippen molar-refractivity contribution in [3.8, 4) is 0 Å². The number of pyridine rings is 1. The van der Waals surface area contributed by atoms with E-state index in [1.165, 1.54) is 9.75 Å². The lowest BCUT2D eigenvalue weighted by molar-refractivity contribution is 0.615. The number of furan rings is 1. The molecule has 0 aliphatic rings.